The predicted molar refractivity (Wildman–Crippen MR) is 71.5 cm³/mol. The van der Waals surface area contributed by atoms with Crippen LogP contribution in [0.15, 0.2) is 30.3 Å². The molecule has 3 nitrogen and oxygen atoms in total. The molecule has 1 fully saturated rings. The van der Waals surface area contributed by atoms with Crippen LogP contribution in [0.1, 0.15) is 25.6 Å². The normalized spacial score (nSPS) is 27.8. The maximum absolute atomic E-state index is 12.1. The minimum Gasteiger partial charge on any atom is -0.349 e. The molecule has 18 heavy (non-hydrogen) atoms. The molecule has 0 spiro atoms. The number of benzene rings is 1. The Labute approximate surface area is 117 Å². The van der Waals surface area contributed by atoms with E-state index >= 15 is 0 Å². The molecule has 5 heteroatoms. The first-order chi connectivity index (χ1) is 8.52. The first kappa shape index (κ1) is 13.7. The van der Waals surface area contributed by atoms with Gasteiger partial charge in [0, 0.05) is 5.56 Å². The second kappa shape index (κ2) is 5.47. The van der Waals surface area contributed by atoms with E-state index in [-0.39, 0.29) is 18.1 Å². The van der Waals surface area contributed by atoms with Crippen molar-refractivity contribution in [2.75, 3.05) is 0 Å². The summed E-state index contributed by atoms with van der Waals surface area (Å²) in [5.41, 5.74) is 0.927. The van der Waals surface area contributed by atoms with Gasteiger partial charge < -0.3 is 9.64 Å². The lowest BCUT2D eigenvalue weighted by atomic mass is 10.1. The number of rotatable bonds is 2. The van der Waals surface area contributed by atoms with E-state index < -0.39 is 11.1 Å². The Kier molecular flexibility index (Phi) is 4.15. The van der Waals surface area contributed by atoms with Gasteiger partial charge in [0.05, 0.1) is 12.1 Å². The Morgan fingerprint density at radius 3 is 2.44 bits per heavy atom. The summed E-state index contributed by atoms with van der Waals surface area (Å²) in [4.78, 5) is 12.6. The lowest BCUT2D eigenvalue weighted by Gasteiger charge is -2.27. The van der Waals surface area contributed by atoms with Crippen molar-refractivity contribution >= 4 is 29.1 Å². The van der Waals surface area contributed by atoms with Crippen molar-refractivity contribution in [2.24, 2.45) is 0 Å². The molecule has 1 aromatic carbocycles. The molecule has 3 atom stereocenters. The molecule has 1 amide bonds. The van der Waals surface area contributed by atoms with Crippen molar-refractivity contribution in [3.8, 4) is 0 Å². The number of carbonyl (C=O) groups is 1. The number of carbonyl (C=O) groups excluding carboxylic acids is 1. The third-order valence-corrected chi connectivity index (χ3v) is 3.61. The second-order valence-electron chi connectivity index (χ2n) is 4.39. The fraction of sp³-hybridized carbons (Fsp3) is 0.462. The monoisotopic (exact) mass is 287 g/mol. The number of nitrogens with zero attached hydrogens (tertiary/aromatic N) is 1. The average molecular weight is 288 g/mol. The van der Waals surface area contributed by atoms with Gasteiger partial charge >= 0.3 is 0 Å². The Balaban J connectivity index is 2.31. The molecule has 0 N–H and O–H groups in total. The zero-order valence-electron chi connectivity index (χ0n) is 10.2. The summed E-state index contributed by atoms with van der Waals surface area (Å²) < 4.78 is 5.83. The van der Waals surface area contributed by atoms with Crippen LogP contribution in [0.3, 0.4) is 0 Å². The van der Waals surface area contributed by atoms with Gasteiger partial charge in [-0.25, -0.2) is 0 Å². The van der Waals surface area contributed by atoms with Crippen LogP contribution < -0.4 is 0 Å². The van der Waals surface area contributed by atoms with Crippen LogP contribution in [0.2, 0.25) is 0 Å². The van der Waals surface area contributed by atoms with Crippen LogP contribution in [-0.4, -0.2) is 27.8 Å². The van der Waals surface area contributed by atoms with E-state index in [9.17, 15) is 4.79 Å². The van der Waals surface area contributed by atoms with Crippen molar-refractivity contribution < 1.29 is 9.53 Å². The number of halogens is 2. The van der Waals surface area contributed by atoms with Crippen molar-refractivity contribution in [2.45, 2.75) is 37.1 Å². The van der Waals surface area contributed by atoms with Gasteiger partial charge in [-0.15, -0.1) is 0 Å². The Bertz CT molecular complexity index is 424. The standard InChI is InChI=1S/C13H15Cl2NO2/c1-8-9(2)18-13(10-6-4-3-5-7-10)16(8)12(17)11(14)15/h3-9,11,13H,1-2H3. The molecule has 0 aromatic heterocycles. The number of alkyl halides is 2. The van der Waals surface area contributed by atoms with Crippen LogP contribution in [-0.2, 0) is 9.53 Å². The lowest BCUT2D eigenvalue weighted by molar-refractivity contribution is -0.136. The van der Waals surface area contributed by atoms with Gasteiger partial charge in [0.2, 0.25) is 0 Å². The van der Waals surface area contributed by atoms with Crippen molar-refractivity contribution in [1.82, 2.24) is 4.90 Å². The van der Waals surface area contributed by atoms with E-state index in [0.717, 1.165) is 5.56 Å². The highest BCUT2D eigenvalue weighted by Crippen LogP contribution is 2.35. The third kappa shape index (κ3) is 2.48. The molecule has 0 radical (unpaired) electrons. The van der Waals surface area contributed by atoms with Crippen LogP contribution in [0, 0.1) is 0 Å². The number of hydrogen-bond acceptors (Lipinski definition) is 2. The van der Waals surface area contributed by atoms with Gasteiger partial charge in [0.15, 0.2) is 11.1 Å². The summed E-state index contributed by atoms with van der Waals surface area (Å²) in [6, 6.07) is 9.54. The average Bonchev–Trinajstić information content (AvgIpc) is 2.66. The van der Waals surface area contributed by atoms with Gasteiger partial charge in [-0.3, -0.25) is 4.79 Å². The molecule has 1 saturated heterocycles. The van der Waals surface area contributed by atoms with Crippen LogP contribution >= 0.6 is 23.2 Å². The molecule has 2 rings (SSSR count). The van der Waals surface area contributed by atoms with Gasteiger partial charge in [0.1, 0.15) is 0 Å². The SMILES string of the molecule is CC1OC(c2ccccc2)N(C(=O)C(Cl)Cl)C1C. The number of amides is 1. The number of hydrogen-bond donors (Lipinski definition) is 0. The highest BCUT2D eigenvalue weighted by molar-refractivity contribution is 6.53. The second-order valence-corrected chi connectivity index (χ2v) is 5.49. The first-order valence-electron chi connectivity index (χ1n) is 5.83. The zero-order valence-corrected chi connectivity index (χ0v) is 11.7. The summed E-state index contributed by atoms with van der Waals surface area (Å²) in [6.07, 6.45) is -0.463. The molecule has 0 aliphatic carbocycles. The van der Waals surface area contributed by atoms with Gasteiger partial charge in [-0.05, 0) is 13.8 Å². The molecule has 3 unspecified atom stereocenters. The summed E-state index contributed by atoms with van der Waals surface area (Å²) in [7, 11) is 0. The highest BCUT2D eigenvalue weighted by Gasteiger charge is 2.42. The summed E-state index contributed by atoms with van der Waals surface area (Å²) in [5.74, 6) is -0.316. The Hall–Kier alpha value is -0.770. The molecule has 0 saturated carbocycles. The Morgan fingerprint density at radius 2 is 1.89 bits per heavy atom. The van der Waals surface area contributed by atoms with E-state index in [1.807, 2.05) is 44.2 Å². The van der Waals surface area contributed by atoms with E-state index in [0.29, 0.717) is 0 Å². The Morgan fingerprint density at radius 1 is 1.28 bits per heavy atom. The molecular formula is C13H15Cl2NO2. The van der Waals surface area contributed by atoms with E-state index in [4.69, 9.17) is 27.9 Å². The quantitative estimate of drug-likeness (QED) is 0.782. The summed E-state index contributed by atoms with van der Waals surface area (Å²) >= 11 is 11.4. The molecule has 1 aromatic rings. The van der Waals surface area contributed by atoms with Crippen molar-refractivity contribution in [3.63, 3.8) is 0 Å². The fourth-order valence-corrected chi connectivity index (χ4v) is 2.33. The van der Waals surface area contributed by atoms with E-state index in [2.05, 4.69) is 0 Å². The minimum atomic E-state index is -1.06. The fourth-order valence-electron chi connectivity index (χ4n) is 2.11. The maximum Gasteiger partial charge on any atom is 0.258 e. The maximum atomic E-state index is 12.1. The van der Waals surface area contributed by atoms with E-state index in [1.165, 1.54) is 0 Å². The third-order valence-electron chi connectivity index (χ3n) is 3.24. The van der Waals surface area contributed by atoms with Crippen molar-refractivity contribution in [1.29, 1.82) is 0 Å². The minimum absolute atomic E-state index is 0.0498. The van der Waals surface area contributed by atoms with Gasteiger partial charge in [-0.1, -0.05) is 53.5 Å². The zero-order chi connectivity index (χ0) is 13.3. The smallest absolute Gasteiger partial charge is 0.258 e. The van der Waals surface area contributed by atoms with E-state index in [1.54, 1.807) is 4.90 Å². The molecule has 0 bridgehead atoms. The first-order valence-corrected chi connectivity index (χ1v) is 6.70. The molecular weight excluding hydrogens is 273 g/mol. The summed E-state index contributed by atoms with van der Waals surface area (Å²) in [5, 5.41) is 0. The highest BCUT2D eigenvalue weighted by atomic mass is 35.5. The van der Waals surface area contributed by atoms with Crippen LogP contribution in [0.5, 0.6) is 0 Å². The van der Waals surface area contributed by atoms with Crippen LogP contribution in [0.4, 0.5) is 0 Å². The summed E-state index contributed by atoms with van der Waals surface area (Å²) in [6.45, 7) is 3.87. The molecule has 1 aliphatic heterocycles. The molecule has 1 heterocycles. The molecule has 1 aliphatic rings. The van der Waals surface area contributed by atoms with Gasteiger partial charge in [0.25, 0.3) is 5.91 Å². The molecule has 98 valence electrons. The predicted octanol–water partition coefficient (Wildman–Crippen LogP) is 3.12. The van der Waals surface area contributed by atoms with Crippen molar-refractivity contribution in [3.05, 3.63) is 35.9 Å². The van der Waals surface area contributed by atoms with Gasteiger partial charge in [-0.2, -0.15) is 0 Å². The lowest BCUT2D eigenvalue weighted by Crippen LogP contribution is -2.41. The number of ether oxygens (including phenoxy) is 1. The van der Waals surface area contributed by atoms with Crippen LogP contribution in [0.25, 0.3) is 0 Å². The largest absolute Gasteiger partial charge is 0.349 e. The topological polar surface area (TPSA) is 29.5 Å².